The van der Waals surface area contributed by atoms with Crippen LogP contribution in [0.1, 0.15) is 32.9 Å². The van der Waals surface area contributed by atoms with Gasteiger partial charge in [0.15, 0.2) is 0 Å². The van der Waals surface area contributed by atoms with Gasteiger partial charge in [-0.2, -0.15) is 10.1 Å². The molecular formula is C17H25N7O2. The number of carbonyl (C=O) groups is 1. The molecule has 9 heteroatoms. The number of aromatic nitrogens is 4. The minimum absolute atomic E-state index is 0.0828. The van der Waals surface area contributed by atoms with Crippen molar-refractivity contribution in [1.82, 2.24) is 25.1 Å². The standard InChI is InChI=1S/C17H25N7O2/c1-11-9-14(20-13-5-7-18-22-13)21-15(19-11)23-8-6-12(10-23)24(16(25)26)17(2,3)4/h5,7,9,12H,6,8,10H2,1-4H3,(H,25,26)(H2,18,19,20,21,22)/t12-/m0/s1. The number of aromatic amines is 1. The summed E-state index contributed by atoms with van der Waals surface area (Å²) in [6.07, 6.45) is 1.52. The predicted octanol–water partition coefficient (Wildman–Crippen LogP) is 2.61. The lowest BCUT2D eigenvalue weighted by atomic mass is 10.0. The van der Waals surface area contributed by atoms with E-state index in [-0.39, 0.29) is 6.04 Å². The molecule has 0 aliphatic carbocycles. The van der Waals surface area contributed by atoms with Crippen molar-refractivity contribution in [2.45, 2.75) is 45.7 Å². The number of aryl methyl sites for hydroxylation is 1. The molecular weight excluding hydrogens is 334 g/mol. The van der Waals surface area contributed by atoms with Crippen LogP contribution in [0, 0.1) is 6.92 Å². The molecule has 9 nitrogen and oxygen atoms in total. The number of nitrogens with zero attached hydrogens (tertiary/aromatic N) is 5. The van der Waals surface area contributed by atoms with Crippen molar-refractivity contribution in [3.8, 4) is 0 Å². The first-order valence-electron chi connectivity index (χ1n) is 8.63. The van der Waals surface area contributed by atoms with Crippen LogP contribution < -0.4 is 10.2 Å². The monoisotopic (exact) mass is 359 g/mol. The number of nitrogens with one attached hydrogen (secondary N) is 2. The van der Waals surface area contributed by atoms with Crippen molar-refractivity contribution in [2.24, 2.45) is 0 Å². The quantitative estimate of drug-likeness (QED) is 0.769. The van der Waals surface area contributed by atoms with Crippen molar-refractivity contribution < 1.29 is 9.90 Å². The van der Waals surface area contributed by atoms with E-state index in [4.69, 9.17) is 0 Å². The third kappa shape index (κ3) is 3.87. The molecule has 1 saturated heterocycles. The van der Waals surface area contributed by atoms with E-state index in [9.17, 15) is 9.90 Å². The first kappa shape index (κ1) is 18.0. The van der Waals surface area contributed by atoms with Gasteiger partial charge in [0.05, 0.1) is 12.2 Å². The highest BCUT2D eigenvalue weighted by molar-refractivity contribution is 5.67. The Bertz CT molecular complexity index is 770. The molecule has 2 aromatic rings. The second kappa shape index (κ2) is 6.81. The lowest BCUT2D eigenvalue weighted by molar-refractivity contribution is 0.0762. The number of amides is 1. The normalized spacial score (nSPS) is 17.4. The molecule has 1 aliphatic heterocycles. The van der Waals surface area contributed by atoms with Gasteiger partial charge in [0, 0.05) is 36.5 Å². The summed E-state index contributed by atoms with van der Waals surface area (Å²) in [5.74, 6) is 2.03. The zero-order chi connectivity index (χ0) is 18.9. The van der Waals surface area contributed by atoms with E-state index < -0.39 is 11.6 Å². The van der Waals surface area contributed by atoms with Crippen molar-refractivity contribution in [3.63, 3.8) is 0 Å². The van der Waals surface area contributed by atoms with Gasteiger partial charge in [0.25, 0.3) is 0 Å². The van der Waals surface area contributed by atoms with Crippen LogP contribution in [0.2, 0.25) is 0 Å². The highest BCUT2D eigenvalue weighted by Crippen LogP contribution is 2.27. The number of H-pyrrole nitrogens is 1. The van der Waals surface area contributed by atoms with Crippen LogP contribution in [0.15, 0.2) is 18.3 Å². The van der Waals surface area contributed by atoms with Crippen molar-refractivity contribution in [1.29, 1.82) is 0 Å². The van der Waals surface area contributed by atoms with Gasteiger partial charge in [-0.05, 0) is 34.1 Å². The number of hydrogen-bond acceptors (Lipinski definition) is 6. The van der Waals surface area contributed by atoms with Crippen molar-refractivity contribution >= 4 is 23.7 Å². The molecule has 0 radical (unpaired) electrons. The Balaban J connectivity index is 1.78. The molecule has 0 bridgehead atoms. The van der Waals surface area contributed by atoms with Crippen LogP contribution >= 0.6 is 0 Å². The molecule has 1 aliphatic rings. The average molecular weight is 359 g/mol. The number of hydrogen-bond donors (Lipinski definition) is 3. The summed E-state index contributed by atoms with van der Waals surface area (Å²) < 4.78 is 0. The second-order valence-electron chi connectivity index (χ2n) is 7.50. The zero-order valence-corrected chi connectivity index (χ0v) is 15.5. The Morgan fingerprint density at radius 2 is 2.19 bits per heavy atom. The number of carboxylic acid groups (broad SMARTS) is 1. The van der Waals surface area contributed by atoms with Crippen LogP contribution in [-0.4, -0.2) is 60.9 Å². The summed E-state index contributed by atoms with van der Waals surface area (Å²) >= 11 is 0. The number of anilines is 3. The molecule has 0 unspecified atom stereocenters. The Morgan fingerprint density at radius 3 is 2.81 bits per heavy atom. The highest BCUT2D eigenvalue weighted by Gasteiger charge is 2.37. The molecule has 1 amide bonds. The van der Waals surface area contributed by atoms with Crippen LogP contribution in [0.3, 0.4) is 0 Å². The maximum absolute atomic E-state index is 11.7. The van der Waals surface area contributed by atoms with E-state index in [1.54, 1.807) is 6.20 Å². The lowest BCUT2D eigenvalue weighted by Gasteiger charge is -2.37. The van der Waals surface area contributed by atoms with Crippen LogP contribution in [0.5, 0.6) is 0 Å². The molecule has 0 aromatic carbocycles. The topological polar surface area (TPSA) is 110 Å². The van der Waals surface area contributed by atoms with Gasteiger partial charge >= 0.3 is 6.09 Å². The maximum atomic E-state index is 11.7. The Kier molecular flexibility index (Phi) is 4.71. The van der Waals surface area contributed by atoms with Gasteiger partial charge in [-0.3, -0.25) is 10.00 Å². The Hall–Kier alpha value is -2.84. The molecule has 2 aromatic heterocycles. The summed E-state index contributed by atoms with van der Waals surface area (Å²) in [7, 11) is 0. The summed E-state index contributed by atoms with van der Waals surface area (Å²) in [5.41, 5.74) is 0.388. The van der Waals surface area contributed by atoms with Gasteiger partial charge in [-0.1, -0.05) is 0 Å². The van der Waals surface area contributed by atoms with Crippen LogP contribution in [0.4, 0.5) is 22.4 Å². The summed E-state index contributed by atoms with van der Waals surface area (Å²) in [6, 6.07) is 3.59. The molecule has 3 heterocycles. The predicted molar refractivity (Wildman–Crippen MR) is 98.9 cm³/mol. The fourth-order valence-corrected chi connectivity index (χ4v) is 3.35. The van der Waals surface area contributed by atoms with E-state index in [1.807, 2.05) is 44.7 Å². The minimum Gasteiger partial charge on any atom is -0.465 e. The SMILES string of the molecule is Cc1cc(Nc2ccn[nH]2)nc(N2CC[C@H](N(C(=O)O)C(C)(C)C)C2)n1. The van der Waals surface area contributed by atoms with E-state index in [0.29, 0.717) is 18.3 Å². The molecule has 0 saturated carbocycles. The van der Waals surface area contributed by atoms with E-state index in [2.05, 4.69) is 25.5 Å². The summed E-state index contributed by atoms with van der Waals surface area (Å²) in [5, 5.41) is 19.5. The largest absolute Gasteiger partial charge is 0.465 e. The highest BCUT2D eigenvalue weighted by atomic mass is 16.4. The molecule has 1 fully saturated rings. The zero-order valence-electron chi connectivity index (χ0n) is 15.5. The fourth-order valence-electron chi connectivity index (χ4n) is 3.35. The van der Waals surface area contributed by atoms with E-state index in [1.165, 1.54) is 4.90 Å². The molecule has 0 spiro atoms. The summed E-state index contributed by atoms with van der Waals surface area (Å²) in [6.45, 7) is 8.96. The first-order valence-corrected chi connectivity index (χ1v) is 8.63. The smallest absolute Gasteiger partial charge is 0.408 e. The van der Waals surface area contributed by atoms with Gasteiger partial charge in [0.2, 0.25) is 5.95 Å². The average Bonchev–Trinajstić information content (AvgIpc) is 3.16. The summed E-state index contributed by atoms with van der Waals surface area (Å²) in [4.78, 5) is 24.4. The third-order valence-corrected chi connectivity index (χ3v) is 4.35. The van der Waals surface area contributed by atoms with E-state index in [0.717, 1.165) is 24.5 Å². The molecule has 26 heavy (non-hydrogen) atoms. The van der Waals surface area contributed by atoms with Gasteiger partial charge < -0.3 is 15.3 Å². The third-order valence-electron chi connectivity index (χ3n) is 4.35. The Morgan fingerprint density at radius 1 is 1.42 bits per heavy atom. The molecule has 1 atom stereocenters. The molecule has 3 N–H and O–H groups in total. The van der Waals surface area contributed by atoms with E-state index >= 15 is 0 Å². The van der Waals surface area contributed by atoms with Gasteiger partial charge in [-0.25, -0.2) is 9.78 Å². The Labute approximate surface area is 152 Å². The molecule has 3 rings (SSSR count). The van der Waals surface area contributed by atoms with Crippen LogP contribution in [-0.2, 0) is 0 Å². The second-order valence-corrected chi connectivity index (χ2v) is 7.50. The maximum Gasteiger partial charge on any atom is 0.408 e. The van der Waals surface area contributed by atoms with Crippen molar-refractivity contribution in [3.05, 3.63) is 24.0 Å². The number of rotatable bonds is 4. The lowest BCUT2D eigenvalue weighted by Crippen LogP contribution is -2.52. The van der Waals surface area contributed by atoms with Crippen molar-refractivity contribution in [2.75, 3.05) is 23.3 Å². The van der Waals surface area contributed by atoms with Gasteiger partial charge in [-0.15, -0.1) is 0 Å². The van der Waals surface area contributed by atoms with Gasteiger partial charge in [0.1, 0.15) is 11.6 Å². The minimum atomic E-state index is -0.892. The fraction of sp³-hybridized carbons (Fsp3) is 0.529. The molecule has 140 valence electrons. The van der Waals surface area contributed by atoms with Crippen LogP contribution in [0.25, 0.3) is 0 Å². The first-order chi connectivity index (χ1) is 12.2.